The van der Waals surface area contributed by atoms with Gasteiger partial charge in [0, 0.05) is 22.9 Å². The van der Waals surface area contributed by atoms with Crippen LogP contribution >= 0.6 is 22.7 Å². The van der Waals surface area contributed by atoms with Crippen molar-refractivity contribution in [2.24, 2.45) is 0 Å². The predicted molar refractivity (Wildman–Crippen MR) is 125 cm³/mol. The average molecular weight is 465 g/mol. The Balaban J connectivity index is 1.26. The second kappa shape index (κ2) is 8.68. The van der Waals surface area contributed by atoms with Gasteiger partial charge in [-0.3, -0.25) is 4.79 Å². The number of anilines is 1. The van der Waals surface area contributed by atoms with Gasteiger partial charge in [0.05, 0.1) is 17.1 Å². The summed E-state index contributed by atoms with van der Waals surface area (Å²) in [6, 6.07) is 13.5. The van der Waals surface area contributed by atoms with Gasteiger partial charge in [-0.25, -0.2) is 14.5 Å². The van der Waals surface area contributed by atoms with Gasteiger partial charge in [0.15, 0.2) is 6.61 Å². The number of rotatable bonds is 7. The van der Waals surface area contributed by atoms with Crippen LogP contribution in [0.25, 0.3) is 16.3 Å². The first-order chi connectivity index (χ1) is 15.6. The third-order valence-corrected chi connectivity index (χ3v) is 6.95. The maximum absolute atomic E-state index is 12.6. The van der Waals surface area contributed by atoms with E-state index < -0.39 is 11.9 Å². The second-order valence-corrected chi connectivity index (χ2v) is 9.33. The van der Waals surface area contributed by atoms with Gasteiger partial charge in [-0.05, 0) is 43.3 Å². The Morgan fingerprint density at radius 1 is 1.22 bits per heavy atom. The van der Waals surface area contributed by atoms with Gasteiger partial charge < -0.3 is 10.1 Å². The Morgan fingerprint density at radius 3 is 2.75 bits per heavy atom. The molecule has 32 heavy (non-hydrogen) atoms. The summed E-state index contributed by atoms with van der Waals surface area (Å²) < 4.78 is 6.99. The largest absolute Gasteiger partial charge is 0.451 e. The highest BCUT2D eigenvalue weighted by Crippen LogP contribution is 2.40. The summed E-state index contributed by atoms with van der Waals surface area (Å²) in [5.74, 6) is 0.0397. The zero-order valence-corrected chi connectivity index (χ0v) is 18.9. The number of benzene rings is 1. The molecule has 1 N–H and O–H groups in total. The highest BCUT2D eigenvalue weighted by molar-refractivity contribution is 7.17. The molecular formula is C23H20N4O3S2. The van der Waals surface area contributed by atoms with E-state index in [-0.39, 0.29) is 6.61 Å². The van der Waals surface area contributed by atoms with E-state index in [0.29, 0.717) is 22.3 Å². The van der Waals surface area contributed by atoms with Crippen molar-refractivity contribution in [2.75, 3.05) is 11.9 Å². The molecule has 0 spiro atoms. The van der Waals surface area contributed by atoms with Gasteiger partial charge in [-0.2, -0.15) is 16.4 Å². The number of aromatic nitrogens is 3. The molecule has 162 valence electrons. The number of amides is 1. The molecule has 1 aromatic carbocycles. The van der Waals surface area contributed by atoms with Gasteiger partial charge >= 0.3 is 5.97 Å². The van der Waals surface area contributed by atoms with E-state index in [1.54, 1.807) is 22.9 Å². The molecule has 1 aliphatic rings. The summed E-state index contributed by atoms with van der Waals surface area (Å²) in [5, 5.41) is 12.2. The van der Waals surface area contributed by atoms with Crippen LogP contribution in [0.5, 0.6) is 0 Å². The van der Waals surface area contributed by atoms with Crippen LogP contribution in [-0.4, -0.2) is 33.2 Å². The number of thiazole rings is 1. The van der Waals surface area contributed by atoms with Gasteiger partial charge in [0.2, 0.25) is 0 Å². The number of para-hydroxylation sites is 1. The van der Waals surface area contributed by atoms with Crippen molar-refractivity contribution in [3.8, 4) is 16.3 Å². The maximum Gasteiger partial charge on any atom is 0.350 e. The van der Waals surface area contributed by atoms with Crippen LogP contribution in [-0.2, 0) is 9.53 Å². The van der Waals surface area contributed by atoms with Crippen LogP contribution in [0, 0.1) is 6.92 Å². The monoisotopic (exact) mass is 464 g/mol. The third-order valence-electron chi connectivity index (χ3n) is 5.08. The third kappa shape index (κ3) is 4.35. The number of thiophene rings is 1. The zero-order chi connectivity index (χ0) is 22.1. The van der Waals surface area contributed by atoms with E-state index in [0.717, 1.165) is 34.8 Å². The summed E-state index contributed by atoms with van der Waals surface area (Å²) in [7, 11) is 0. The van der Waals surface area contributed by atoms with E-state index >= 15 is 0 Å². The van der Waals surface area contributed by atoms with Gasteiger partial charge in [-0.1, -0.05) is 18.2 Å². The molecule has 0 atom stereocenters. The van der Waals surface area contributed by atoms with Crippen LogP contribution in [0.15, 0.2) is 53.2 Å². The lowest BCUT2D eigenvalue weighted by Crippen LogP contribution is -2.22. The fourth-order valence-corrected chi connectivity index (χ4v) is 4.98. The second-order valence-electron chi connectivity index (χ2n) is 7.55. The molecule has 3 aromatic heterocycles. The van der Waals surface area contributed by atoms with Crippen molar-refractivity contribution in [1.29, 1.82) is 0 Å². The van der Waals surface area contributed by atoms with E-state index in [1.807, 2.05) is 53.2 Å². The molecule has 1 saturated carbocycles. The predicted octanol–water partition coefficient (Wildman–Crippen LogP) is 5.04. The molecular weight excluding hydrogens is 444 g/mol. The quantitative estimate of drug-likeness (QED) is 0.387. The maximum atomic E-state index is 12.6. The minimum atomic E-state index is -0.549. The fourth-order valence-electron chi connectivity index (χ4n) is 3.30. The molecule has 0 saturated heterocycles. The SMILES string of the molecule is Cc1nc(-c2ccsc2)sc1C(=O)OCC(=O)Nc1cc(C2CC2)nn1-c1ccccc1. The van der Waals surface area contributed by atoms with Gasteiger partial charge in [-0.15, -0.1) is 11.3 Å². The molecule has 0 unspecified atom stereocenters. The molecule has 1 amide bonds. The van der Waals surface area contributed by atoms with Crippen molar-refractivity contribution in [3.63, 3.8) is 0 Å². The highest BCUT2D eigenvalue weighted by atomic mass is 32.1. The molecule has 1 fully saturated rings. The normalized spacial score (nSPS) is 13.2. The zero-order valence-electron chi connectivity index (χ0n) is 17.3. The number of nitrogens with zero attached hydrogens (tertiary/aromatic N) is 3. The molecule has 0 aliphatic heterocycles. The number of carbonyl (C=O) groups excluding carboxylic acids is 2. The van der Waals surface area contributed by atoms with Gasteiger partial charge in [0.25, 0.3) is 5.91 Å². The lowest BCUT2D eigenvalue weighted by Gasteiger charge is -2.09. The van der Waals surface area contributed by atoms with Crippen molar-refractivity contribution in [3.05, 3.63) is 69.5 Å². The van der Waals surface area contributed by atoms with Crippen molar-refractivity contribution < 1.29 is 14.3 Å². The van der Waals surface area contributed by atoms with Crippen LogP contribution in [0.4, 0.5) is 5.82 Å². The smallest absolute Gasteiger partial charge is 0.350 e. The Morgan fingerprint density at radius 2 is 2.03 bits per heavy atom. The first-order valence-electron chi connectivity index (χ1n) is 10.2. The number of esters is 1. The van der Waals surface area contributed by atoms with Crippen LogP contribution in [0.2, 0.25) is 0 Å². The molecule has 9 heteroatoms. The Labute approximate surface area is 192 Å². The molecule has 3 heterocycles. The van der Waals surface area contributed by atoms with Crippen LogP contribution < -0.4 is 5.32 Å². The summed E-state index contributed by atoms with van der Waals surface area (Å²) in [5.41, 5.74) is 3.38. The first-order valence-corrected chi connectivity index (χ1v) is 12.0. The van der Waals surface area contributed by atoms with E-state index in [9.17, 15) is 9.59 Å². The number of aryl methyl sites for hydroxylation is 1. The van der Waals surface area contributed by atoms with Crippen LogP contribution in [0.1, 0.15) is 39.8 Å². The van der Waals surface area contributed by atoms with Gasteiger partial charge in [0.1, 0.15) is 15.7 Å². The molecule has 5 rings (SSSR count). The number of hydrogen-bond acceptors (Lipinski definition) is 7. The number of ether oxygens (including phenoxy) is 1. The minimum Gasteiger partial charge on any atom is -0.451 e. The number of carbonyl (C=O) groups is 2. The summed E-state index contributed by atoms with van der Waals surface area (Å²) in [6.07, 6.45) is 2.22. The lowest BCUT2D eigenvalue weighted by molar-refractivity contribution is -0.119. The molecule has 0 bridgehead atoms. The summed E-state index contributed by atoms with van der Waals surface area (Å²) >= 11 is 2.84. The average Bonchev–Trinajstić information content (AvgIpc) is 3.18. The van der Waals surface area contributed by atoms with Crippen molar-refractivity contribution in [1.82, 2.24) is 14.8 Å². The Hall–Kier alpha value is -3.30. The van der Waals surface area contributed by atoms with Crippen molar-refractivity contribution >= 4 is 40.4 Å². The number of nitrogens with one attached hydrogen (secondary N) is 1. The summed E-state index contributed by atoms with van der Waals surface area (Å²) in [6.45, 7) is 1.38. The highest BCUT2D eigenvalue weighted by Gasteiger charge is 2.28. The standard InChI is InChI=1S/C23H20N4O3S2/c1-14-21(32-22(24-14)16-9-10-31-13-16)23(29)30-12-20(28)25-19-11-18(15-7-8-15)26-27(19)17-5-3-2-4-6-17/h2-6,9-11,13,15H,7-8,12H2,1H3,(H,25,28). The Kier molecular flexibility index (Phi) is 5.59. The van der Waals surface area contributed by atoms with Crippen molar-refractivity contribution in [2.45, 2.75) is 25.7 Å². The Bertz CT molecular complexity index is 1260. The molecule has 4 aromatic rings. The van der Waals surface area contributed by atoms with E-state index in [1.165, 1.54) is 11.3 Å². The molecule has 0 radical (unpaired) electrons. The topological polar surface area (TPSA) is 86.1 Å². The molecule has 1 aliphatic carbocycles. The number of hydrogen-bond donors (Lipinski definition) is 1. The molecule has 7 nitrogen and oxygen atoms in total. The van der Waals surface area contributed by atoms with E-state index in [2.05, 4.69) is 15.4 Å². The van der Waals surface area contributed by atoms with E-state index in [4.69, 9.17) is 4.74 Å². The fraction of sp³-hybridized carbons (Fsp3) is 0.217. The first kappa shape index (κ1) is 20.6. The summed E-state index contributed by atoms with van der Waals surface area (Å²) in [4.78, 5) is 30.0. The minimum absolute atomic E-state index is 0.386. The lowest BCUT2D eigenvalue weighted by atomic mass is 10.3. The van der Waals surface area contributed by atoms with Crippen LogP contribution in [0.3, 0.4) is 0 Å².